The Balaban J connectivity index is 2.31. The molecule has 100 valence electrons. The van der Waals surface area contributed by atoms with Gasteiger partial charge in [0.15, 0.2) is 11.6 Å². The fraction of sp³-hybridized carbons (Fsp3) is 0.143. The van der Waals surface area contributed by atoms with Crippen molar-refractivity contribution in [1.82, 2.24) is 0 Å². The highest BCUT2D eigenvalue weighted by Crippen LogP contribution is 2.32. The highest BCUT2D eigenvalue weighted by Gasteiger charge is 2.10. The second kappa shape index (κ2) is 5.55. The molecule has 0 aliphatic rings. The Labute approximate surface area is 114 Å². The van der Waals surface area contributed by atoms with Crippen molar-refractivity contribution >= 4 is 11.6 Å². The number of halogens is 3. The van der Waals surface area contributed by atoms with Gasteiger partial charge in [-0.25, -0.2) is 8.78 Å². The molecular formula is C14H12ClF2NO. The van der Waals surface area contributed by atoms with Gasteiger partial charge in [-0.3, -0.25) is 0 Å². The molecule has 0 aromatic heterocycles. The molecule has 0 fully saturated rings. The smallest absolute Gasteiger partial charge is 0.166 e. The normalized spacial score (nSPS) is 12.3. The van der Waals surface area contributed by atoms with Crippen LogP contribution in [0.5, 0.6) is 11.5 Å². The van der Waals surface area contributed by atoms with Gasteiger partial charge >= 0.3 is 0 Å². The van der Waals surface area contributed by atoms with Gasteiger partial charge in [0.1, 0.15) is 11.6 Å². The SMILES string of the molecule is C[C@H](N)c1ccc(Oc2cc(F)ccc2F)c(Cl)c1. The summed E-state index contributed by atoms with van der Waals surface area (Å²) >= 11 is 6.02. The maximum Gasteiger partial charge on any atom is 0.166 e. The first kappa shape index (κ1) is 13.8. The number of hydrogen-bond acceptors (Lipinski definition) is 2. The highest BCUT2D eigenvalue weighted by atomic mass is 35.5. The van der Waals surface area contributed by atoms with E-state index in [0.717, 1.165) is 23.8 Å². The first-order valence-corrected chi connectivity index (χ1v) is 6.03. The quantitative estimate of drug-likeness (QED) is 0.904. The number of rotatable bonds is 3. The van der Waals surface area contributed by atoms with Crippen LogP contribution in [0.2, 0.25) is 5.02 Å². The molecule has 0 radical (unpaired) electrons. The van der Waals surface area contributed by atoms with Gasteiger partial charge < -0.3 is 10.5 Å². The monoisotopic (exact) mass is 283 g/mol. The molecule has 0 unspecified atom stereocenters. The molecule has 1 atom stereocenters. The lowest BCUT2D eigenvalue weighted by Gasteiger charge is -2.11. The summed E-state index contributed by atoms with van der Waals surface area (Å²) in [4.78, 5) is 0. The molecule has 19 heavy (non-hydrogen) atoms. The topological polar surface area (TPSA) is 35.2 Å². The van der Waals surface area contributed by atoms with E-state index >= 15 is 0 Å². The van der Waals surface area contributed by atoms with Crippen LogP contribution in [-0.4, -0.2) is 0 Å². The van der Waals surface area contributed by atoms with E-state index in [1.165, 1.54) is 0 Å². The molecule has 0 aliphatic carbocycles. The van der Waals surface area contributed by atoms with Gasteiger partial charge in [0.05, 0.1) is 5.02 Å². The molecule has 0 saturated heterocycles. The number of nitrogens with two attached hydrogens (primary N) is 1. The molecule has 5 heteroatoms. The van der Waals surface area contributed by atoms with Crippen molar-refractivity contribution in [1.29, 1.82) is 0 Å². The summed E-state index contributed by atoms with van der Waals surface area (Å²) in [6, 6.07) is 7.74. The number of ether oxygens (including phenoxy) is 1. The lowest BCUT2D eigenvalue weighted by Crippen LogP contribution is -2.04. The summed E-state index contributed by atoms with van der Waals surface area (Å²) in [5, 5.41) is 0.290. The van der Waals surface area contributed by atoms with Crippen molar-refractivity contribution in [3.05, 3.63) is 58.6 Å². The summed E-state index contributed by atoms with van der Waals surface area (Å²) in [5.41, 5.74) is 6.55. The second-order valence-electron chi connectivity index (χ2n) is 4.16. The third kappa shape index (κ3) is 3.22. The third-order valence-corrected chi connectivity index (χ3v) is 2.89. The zero-order valence-corrected chi connectivity index (χ0v) is 10.9. The molecule has 2 rings (SSSR count). The van der Waals surface area contributed by atoms with Crippen molar-refractivity contribution in [2.45, 2.75) is 13.0 Å². The van der Waals surface area contributed by atoms with Gasteiger partial charge in [-0.2, -0.15) is 0 Å². The van der Waals surface area contributed by atoms with Crippen molar-refractivity contribution in [2.75, 3.05) is 0 Å². The van der Waals surface area contributed by atoms with Gasteiger partial charge in [0, 0.05) is 12.1 Å². The van der Waals surface area contributed by atoms with Gasteiger partial charge in [-0.05, 0) is 36.8 Å². The average Bonchev–Trinajstić information content (AvgIpc) is 2.36. The Kier molecular flexibility index (Phi) is 4.02. The van der Waals surface area contributed by atoms with Gasteiger partial charge in [-0.1, -0.05) is 17.7 Å². The van der Waals surface area contributed by atoms with Gasteiger partial charge in [-0.15, -0.1) is 0 Å². The molecule has 2 aromatic rings. The molecule has 0 amide bonds. The standard InChI is InChI=1S/C14H12ClF2NO/c1-8(18)9-2-5-13(11(15)6-9)19-14-7-10(16)3-4-12(14)17/h2-8H,18H2,1H3/t8-/m0/s1. The average molecular weight is 284 g/mol. The molecule has 0 saturated carbocycles. The van der Waals surface area contributed by atoms with E-state index in [-0.39, 0.29) is 17.5 Å². The van der Waals surface area contributed by atoms with E-state index in [2.05, 4.69) is 0 Å². The van der Waals surface area contributed by atoms with Crippen LogP contribution >= 0.6 is 11.6 Å². The van der Waals surface area contributed by atoms with Crippen LogP contribution in [0.3, 0.4) is 0 Å². The van der Waals surface area contributed by atoms with E-state index in [4.69, 9.17) is 22.1 Å². The predicted molar refractivity (Wildman–Crippen MR) is 70.5 cm³/mol. The summed E-state index contributed by atoms with van der Waals surface area (Å²) in [6.07, 6.45) is 0. The Morgan fingerprint density at radius 3 is 2.47 bits per heavy atom. The Morgan fingerprint density at radius 1 is 1.11 bits per heavy atom. The van der Waals surface area contributed by atoms with Crippen molar-refractivity contribution < 1.29 is 13.5 Å². The molecule has 2 nitrogen and oxygen atoms in total. The summed E-state index contributed by atoms with van der Waals surface area (Å²) in [7, 11) is 0. The van der Waals surface area contributed by atoms with Gasteiger partial charge in [0.25, 0.3) is 0 Å². The lowest BCUT2D eigenvalue weighted by atomic mass is 10.1. The third-order valence-electron chi connectivity index (χ3n) is 2.59. The largest absolute Gasteiger partial charge is 0.453 e. The predicted octanol–water partition coefficient (Wildman–Crippen LogP) is 4.43. The minimum absolute atomic E-state index is 0.169. The Hall–Kier alpha value is -1.65. The molecule has 2 N–H and O–H groups in total. The Bertz CT molecular complexity index is 602. The molecule has 0 aliphatic heterocycles. The zero-order valence-electron chi connectivity index (χ0n) is 10.2. The van der Waals surface area contributed by atoms with Crippen LogP contribution in [-0.2, 0) is 0 Å². The first-order valence-electron chi connectivity index (χ1n) is 5.65. The zero-order chi connectivity index (χ0) is 14.0. The van der Waals surface area contributed by atoms with Crippen LogP contribution in [0.15, 0.2) is 36.4 Å². The van der Waals surface area contributed by atoms with Crippen molar-refractivity contribution in [3.63, 3.8) is 0 Å². The number of benzene rings is 2. The van der Waals surface area contributed by atoms with Crippen LogP contribution in [0.1, 0.15) is 18.5 Å². The Morgan fingerprint density at radius 2 is 1.84 bits per heavy atom. The second-order valence-corrected chi connectivity index (χ2v) is 4.56. The molecule has 0 heterocycles. The van der Waals surface area contributed by atoms with E-state index < -0.39 is 11.6 Å². The summed E-state index contributed by atoms with van der Waals surface area (Å²) in [5.74, 6) is -1.21. The van der Waals surface area contributed by atoms with E-state index in [1.54, 1.807) is 18.2 Å². The van der Waals surface area contributed by atoms with Crippen LogP contribution < -0.4 is 10.5 Å². The molecule has 0 bridgehead atoms. The number of hydrogen-bond donors (Lipinski definition) is 1. The maximum absolute atomic E-state index is 13.4. The van der Waals surface area contributed by atoms with Crippen LogP contribution in [0.4, 0.5) is 8.78 Å². The highest BCUT2D eigenvalue weighted by molar-refractivity contribution is 6.32. The van der Waals surface area contributed by atoms with E-state index in [1.807, 2.05) is 6.92 Å². The fourth-order valence-electron chi connectivity index (χ4n) is 1.56. The first-order chi connectivity index (χ1) is 8.97. The summed E-state index contributed by atoms with van der Waals surface area (Å²) in [6.45, 7) is 1.82. The van der Waals surface area contributed by atoms with Gasteiger partial charge in [0.2, 0.25) is 0 Å². The molecule has 2 aromatic carbocycles. The van der Waals surface area contributed by atoms with E-state index in [9.17, 15) is 8.78 Å². The minimum Gasteiger partial charge on any atom is -0.453 e. The maximum atomic E-state index is 13.4. The minimum atomic E-state index is -0.659. The lowest BCUT2D eigenvalue weighted by molar-refractivity contribution is 0.436. The van der Waals surface area contributed by atoms with Crippen LogP contribution in [0, 0.1) is 11.6 Å². The molecular weight excluding hydrogens is 272 g/mol. The van der Waals surface area contributed by atoms with Crippen LogP contribution in [0.25, 0.3) is 0 Å². The van der Waals surface area contributed by atoms with E-state index in [0.29, 0.717) is 5.02 Å². The van der Waals surface area contributed by atoms with Crippen molar-refractivity contribution in [2.24, 2.45) is 5.73 Å². The molecule has 0 spiro atoms. The summed E-state index contributed by atoms with van der Waals surface area (Å²) < 4.78 is 31.7. The fourth-order valence-corrected chi connectivity index (χ4v) is 1.78. The van der Waals surface area contributed by atoms with Crippen molar-refractivity contribution in [3.8, 4) is 11.5 Å².